The summed E-state index contributed by atoms with van der Waals surface area (Å²) >= 11 is 0. The number of nitrogens with zero attached hydrogens (tertiary/aromatic N) is 3. The molecule has 0 amide bonds. The van der Waals surface area contributed by atoms with E-state index in [0.717, 1.165) is 5.56 Å². The topological polar surface area (TPSA) is 95.1 Å². The average Bonchev–Trinajstić information content (AvgIpc) is 3.23. The Bertz CT molecular complexity index is 1160. The van der Waals surface area contributed by atoms with Gasteiger partial charge in [-0.25, -0.2) is 0 Å². The average molecular weight is 399 g/mol. The van der Waals surface area contributed by atoms with Crippen LogP contribution in [0, 0.1) is 0 Å². The summed E-state index contributed by atoms with van der Waals surface area (Å²) in [5.74, 6) is 0.800. The second kappa shape index (κ2) is 8.48. The van der Waals surface area contributed by atoms with E-state index in [0.29, 0.717) is 40.8 Å². The van der Waals surface area contributed by atoms with Gasteiger partial charge in [0.1, 0.15) is 17.3 Å². The number of aromatic nitrogens is 3. The first-order valence-corrected chi connectivity index (χ1v) is 9.43. The summed E-state index contributed by atoms with van der Waals surface area (Å²) < 4.78 is 6.50. The minimum absolute atomic E-state index is 0.322. The molecule has 3 N–H and O–H groups in total. The molecule has 30 heavy (non-hydrogen) atoms. The Balaban J connectivity index is 1.71. The van der Waals surface area contributed by atoms with E-state index >= 15 is 0 Å². The number of nitrogen functional groups attached to an aromatic ring is 1. The van der Waals surface area contributed by atoms with Crippen LogP contribution >= 0.6 is 0 Å². The zero-order valence-corrected chi connectivity index (χ0v) is 16.4. The van der Waals surface area contributed by atoms with Crippen molar-refractivity contribution in [3.63, 3.8) is 0 Å². The maximum atomic E-state index is 13.3. The molecule has 0 saturated heterocycles. The highest BCUT2D eigenvalue weighted by Gasteiger charge is 2.20. The number of ether oxygens (including phenoxy) is 1. The van der Waals surface area contributed by atoms with Crippen LogP contribution in [0.3, 0.4) is 0 Å². The molecule has 150 valence electrons. The first-order chi connectivity index (χ1) is 14.7. The van der Waals surface area contributed by atoms with Crippen molar-refractivity contribution in [3.05, 3.63) is 90.1 Å². The van der Waals surface area contributed by atoms with E-state index in [1.54, 1.807) is 31.5 Å². The molecule has 4 rings (SSSR count). The molecule has 0 saturated carbocycles. The Labute approximate surface area is 174 Å². The fourth-order valence-electron chi connectivity index (χ4n) is 3.07. The van der Waals surface area contributed by atoms with Gasteiger partial charge in [0.25, 0.3) is 5.91 Å². The summed E-state index contributed by atoms with van der Waals surface area (Å²) in [6, 6.07) is 22.2. The van der Waals surface area contributed by atoms with Gasteiger partial charge in [-0.3, -0.25) is 9.78 Å². The Morgan fingerprint density at radius 3 is 2.53 bits per heavy atom. The lowest BCUT2D eigenvalue weighted by molar-refractivity contribution is 0.0948. The number of pyridine rings is 1. The number of hydrogen-bond acceptors (Lipinski definition) is 6. The molecule has 0 atom stereocenters. The molecule has 0 aliphatic rings. The maximum absolute atomic E-state index is 13.3. The van der Waals surface area contributed by atoms with Crippen LogP contribution in [0.2, 0.25) is 0 Å². The van der Waals surface area contributed by atoms with Gasteiger partial charge in [-0.2, -0.15) is 9.78 Å². The summed E-state index contributed by atoms with van der Waals surface area (Å²) in [5.41, 5.74) is 9.11. The van der Waals surface area contributed by atoms with E-state index in [-0.39, 0.29) is 5.91 Å². The minimum Gasteiger partial charge on any atom is -0.497 e. The van der Waals surface area contributed by atoms with Crippen LogP contribution in [-0.4, -0.2) is 27.8 Å². The molecule has 7 nitrogen and oxygen atoms in total. The molecule has 0 unspecified atom stereocenters. The number of nitrogens with one attached hydrogen (secondary N) is 1. The number of rotatable bonds is 6. The number of nitrogens with two attached hydrogens (primary N) is 1. The highest BCUT2D eigenvalue weighted by atomic mass is 16.5. The van der Waals surface area contributed by atoms with Crippen LogP contribution in [-0.2, 0) is 6.54 Å². The highest BCUT2D eigenvalue weighted by Crippen LogP contribution is 2.25. The fraction of sp³-hybridized carbons (Fsp3) is 0.0870. The standard InChI is InChI=1S/C23H21N5O2/c1-30-17-10-11-18(19(24)13-17)23(29)28-22(26-15-16-7-3-2-4-8-16)14-21(27-28)20-9-5-6-12-25-20/h2-14,26H,15,24H2,1H3. The van der Waals surface area contributed by atoms with Crippen molar-refractivity contribution in [3.8, 4) is 17.1 Å². The predicted octanol–water partition coefficient (Wildman–Crippen LogP) is 3.84. The Hall–Kier alpha value is -4.13. The Morgan fingerprint density at radius 1 is 1.03 bits per heavy atom. The SMILES string of the molecule is COc1ccc(C(=O)n2nc(-c3ccccn3)cc2NCc2ccccc2)c(N)c1. The molecular weight excluding hydrogens is 378 g/mol. The molecule has 2 aromatic heterocycles. The number of hydrogen-bond donors (Lipinski definition) is 2. The van der Waals surface area contributed by atoms with Gasteiger partial charge in [0.2, 0.25) is 0 Å². The van der Waals surface area contributed by atoms with E-state index in [2.05, 4.69) is 15.4 Å². The third kappa shape index (κ3) is 4.00. The van der Waals surface area contributed by atoms with Crippen molar-refractivity contribution in [1.29, 1.82) is 0 Å². The van der Waals surface area contributed by atoms with E-state index < -0.39 is 0 Å². The molecule has 0 aliphatic heterocycles. The Kier molecular flexibility index (Phi) is 5.43. The predicted molar refractivity (Wildman–Crippen MR) is 116 cm³/mol. The molecule has 0 fully saturated rings. The molecule has 0 radical (unpaired) electrons. The van der Waals surface area contributed by atoms with Gasteiger partial charge in [0, 0.05) is 30.6 Å². The second-order valence-corrected chi connectivity index (χ2v) is 6.64. The third-order valence-corrected chi connectivity index (χ3v) is 4.63. The van der Waals surface area contributed by atoms with Gasteiger partial charge in [0.05, 0.1) is 18.4 Å². The van der Waals surface area contributed by atoms with Crippen LogP contribution in [0.25, 0.3) is 11.4 Å². The number of anilines is 2. The van der Waals surface area contributed by atoms with Crippen LogP contribution in [0.5, 0.6) is 5.75 Å². The summed E-state index contributed by atoms with van der Waals surface area (Å²) in [4.78, 5) is 17.6. The summed E-state index contributed by atoms with van der Waals surface area (Å²) in [7, 11) is 1.55. The van der Waals surface area contributed by atoms with Crippen molar-refractivity contribution in [2.75, 3.05) is 18.2 Å². The summed E-state index contributed by atoms with van der Waals surface area (Å²) in [5, 5.41) is 7.81. The van der Waals surface area contributed by atoms with Crippen LogP contribution in [0.1, 0.15) is 15.9 Å². The monoisotopic (exact) mass is 399 g/mol. The first kappa shape index (κ1) is 19.2. The second-order valence-electron chi connectivity index (χ2n) is 6.64. The lowest BCUT2D eigenvalue weighted by Gasteiger charge is -2.11. The minimum atomic E-state index is -0.340. The quantitative estimate of drug-likeness (QED) is 0.479. The van der Waals surface area contributed by atoms with Crippen LogP contribution in [0.4, 0.5) is 11.5 Å². The summed E-state index contributed by atoms with van der Waals surface area (Å²) in [6.07, 6.45) is 1.69. The molecule has 2 aromatic carbocycles. The zero-order valence-electron chi connectivity index (χ0n) is 16.4. The van der Waals surface area contributed by atoms with Crippen molar-refractivity contribution < 1.29 is 9.53 Å². The van der Waals surface area contributed by atoms with E-state index in [1.165, 1.54) is 4.68 Å². The van der Waals surface area contributed by atoms with Crippen molar-refractivity contribution in [1.82, 2.24) is 14.8 Å². The first-order valence-electron chi connectivity index (χ1n) is 9.43. The number of carbonyl (C=O) groups is 1. The zero-order chi connectivity index (χ0) is 20.9. The lowest BCUT2D eigenvalue weighted by atomic mass is 10.1. The lowest BCUT2D eigenvalue weighted by Crippen LogP contribution is -2.18. The molecular formula is C23H21N5O2. The molecule has 0 spiro atoms. The van der Waals surface area contributed by atoms with E-state index in [1.807, 2.05) is 54.6 Å². The van der Waals surface area contributed by atoms with Gasteiger partial charge in [-0.1, -0.05) is 36.4 Å². The van der Waals surface area contributed by atoms with Crippen LogP contribution < -0.4 is 15.8 Å². The fourth-order valence-corrected chi connectivity index (χ4v) is 3.07. The van der Waals surface area contributed by atoms with Gasteiger partial charge >= 0.3 is 0 Å². The van der Waals surface area contributed by atoms with Crippen molar-refractivity contribution >= 4 is 17.4 Å². The molecule has 4 aromatic rings. The summed E-state index contributed by atoms with van der Waals surface area (Å²) in [6.45, 7) is 0.541. The van der Waals surface area contributed by atoms with Crippen molar-refractivity contribution in [2.45, 2.75) is 6.54 Å². The number of methoxy groups -OCH3 is 1. The molecule has 0 aliphatic carbocycles. The molecule has 2 heterocycles. The molecule has 7 heteroatoms. The number of carbonyl (C=O) groups excluding carboxylic acids is 1. The van der Waals surface area contributed by atoms with Gasteiger partial charge in [-0.15, -0.1) is 0 Å². The highest BCUT2D eigenvalue weighted by molar-refractivity contribution is 6.02. The van der Waals surface area contributed by atoms with Crippen LogP contribution in [0.15, 0.2) is 79.0 Å². The maximum Gasteiger partial charge on any atom is 0.282 e. The van der Waals surface area contributed by atoms with Gasteiger partial charge in [-0.05, 0) is 29.8 Å². The third-order valence-electron chi connectivity index (χ3n) is 4.63. The normalized spacial score (nSPS) is 10.6. The van der Waals surface area contributed by atoms with Gasteiger partial charge in [0.15, 0.2) is 0 Å². The van der Waals surface area contributed by atoms with Gasteiger partial charge < -0.3 is 15.8 Å². The Morgan fingerprint density at radius 2 is 1.83 bits per heavy atom. The van der Waals surface area contributed by atoms with E-state index in [9.17, 15) is 4.79 Å². The van der Waals surface area contributed by atoms with Crippen molar-refractivity contribution in [2.24, 2.45) is 0 Å². The smallest absolute Gasteiger partial charge is 0.282 e. The van der Waals surface area contributed by atoms with E-state index in [4.69, 9.17) is 10.5 Å². The number of benzene rings is 2. The molecule has 0 bridgehead atoms. The largest absolute Gasteiger partial charge is 0.497 e.